The average molecular weight is 409 g/mol. The number of piperidine rings is 1. The van der Waals surface area contributed by atoms with Crippen molar-refractivity contribution < 1.29 is 13.7 Å². The Labute approximate surface area is 174 Å². The number of likely N-dealkylation sites (N-methyl/N-ethyl adjacent to an activating group) is 1. The smallest absolute Gasteiger partial charge is 0.246 e. The van der Waals surface area contributed by atoms with E-state index in [0.717, 1.165) is 43.5 Å². The quantitative estimate of drug-likeness (QED) is 0.621. The maximum Gasteiger partial charge on any atom is 0.246 e. The summed E-state index contributed by atoms with van der Waals surface area (Å²) in [5.74, 6) is 0.390. The molecule has 0 saturated carbocycles. The van der Waals surface area contributed by atoms with Gasteiger partial charge >= 0.3 is 0 Å². The minimum atomic E-state index is -0.461. The molecule has 1 aliphatic heterocycles. The fourth-order valence-corrected chi connectivity index (χ4v) is 3.75. The SMILES string of the molecule is CN(Cc1nc(-c2cccnc2)no1)C(=O)C(c1ccc(F)cc1)N1CCCCC1. The molecule has 1 saturated heterocycles. The Morgan fingerprint density at radius 1 is 1.20 bits per heavy atom. The van der Waals surface area contributed by atoms with Crippen LogP contribution in [0.2, 0.25) is 0 Å². The fourth-order valence-electron chi connectivity index (χ4n) is 3.75. The van der Waals surface area contributed by atoms with Crippen LogP contribution < -0.4 is 0 Å². The minimum Gasteiger partial charge on any atom is -0.337 e. The first-order valence-electron chi connectivity index (χ1n) is 10.1. The standard InChI is InChI=1S/C22H24FN5O2/c1-27(15-19-25-21(26-30-19)17-6-5-11-24-14-17)22(29)20(28-12-3-2-4-13-28)16-7-9-18(23)10-8-16/h5-11,14,20H,2-4,12-13,15H2,1H3. The Morgan fingerprint density at radius 3 is 2.67 bits per heavy atom. The Kier molecular flexibility index (Phi) is 6.13. The van der Waals surface area contributed by atoms with E-state index < -0.39 is 6.04 Å². The zero-order valence-electron chi connectivity index (χ0n) is 16.9. The van der Waals surface area contributed by atoms with Crippen molar-refractivity contribution in [3.8, 4) is 11.4 Å². The number of amides is 1. The van der Waals surface area contributed by atoms with Gasteiger partial charge in [-0.1, -0.05) is 23.7 Å². The molecule has 2 aromatic heterocycles. The van der Waals surface area contributed by atoms with Crippen LogP contribution in [0.5, 0.6) is 0 Å². The highest BCUT2D eigenvalue weighted by atomic mass is 19.1. The van der Waals surface area contributed by atoms with Crippen LogP contribution in [0.15, 0.2) is 53.3 Å². The van der Waals surface area contributed by atoms with Crippen LogP contribution in [-0.4, -0.2) is 51.0 Å². The maximum absolute atomic E-state index is 13.4. The normalized spacial score (nSPS) is 15.7. The van der Waals surface area contributed by atoms with Crippen LogP contribution in [-0.2, 0) is 11.3 Å². The van der Waals surface area contributed by atoms with Crippen molar-refractivity contribution >= 4 is 5.91 Å². The van der Waals surface area contributed by atoms with Crippen LogP contribution in [0, 0.1) is 5.82 Å². The van der Waals surface area contributed by atoms with Crippen LogP contribution in [0.1, 0.15) is 36.8 Å². The summed E-state index contributed by atoms with van der Waals surface area (Å²) in [6, 6.07) is 9.36. The number of rotatable bonds is 6. The Balaban J connectivity index is 1.52. The molecule has 156 valence electrons. The molecule has 4 rings (SSSR count). The lowest BCUT2D eigenvalue weighted by molar-refractivity contribution is -0.137. The first-order valence-corrected chi connectivity index (χ1v) is 10.1. The number of benzene rings is 1. The van der Waals surface area contributed by atoms with Gasteiger partial charge in [0.1, 0.15) is 11.9 Å². The van der Waals surface area contributed by atoms with Gasteiger partial charge in [0.15, 0.2) is 0 Å². The largest absolute Gasteiger partial charge is 0.337 e. The van der Waals surface area contributed by atoms with Gasteiger partial charge in [-0.15, -0.1) is 0 Å². The van der Waals surface area contributed by atoms with Crippen molar-refractivity contribution in [2.45, 2.75) is 31.8 Å². The van der Waals surface area contributed by atoms with Gasteiger partial charge in [-0.2, -0.15) is 4.98 Å². The molecule has 3 aromatic rings. The first kappa shape index (κ1) is 20.2. The fraction of sp³-hybridized carbons (Fsp3) is 0.364. The van der Waals surface area contributed by atoms with E-state index in [0.29, 0.717) is 11.7 Å². The number of pyridine rings is 1. The third kappa shape index (κ3) is 4.54. The lowest BCUT2D eigenvalue weighted by atomic mass is 10.0. The second-order valence-corrected chi connectivity index (χ2v) is 7.50. The molecule has 30 heavy (non-hydrogen) atoms. The molecule has 1 atom stereocenters. The number of likely N-dealkylation sites (tertiary alicyclic amines) is 1. The first-order chi connectivity index (χ1) is 14.6. The van der Waals surface area contributed by atoms with Gasteiger partial charge in [0.2, 0.25) is 17.6 Å². The molecule has 7 nitrogen and oxygen atoms in total. The molecule has 0 aliphatic carbocycles. The summed E-state index contributed by atoms with van der Waals surface area (Å²) in [5.41, 5.74) is 1.54. The minimum absolute atomic E-state index is 0.0790. The van der Waals surface area contributed by atoms with E-state index in [4.69, 9.17) is 4.52 Å². The summed E-state index contributed by atoms with van der Waals surface area (Å²) in [7, 11) is 1.72. The van der Waals surface area contributed by atoms with Crippen molar-refractivity contribution in [3.63, 3.8) is 0 Å². The van der Waals surface area contributed by atoms with Crippen molar-refractivity contribution in [1.29, 1.82) is 0 Å². The maximum atomic E-state index is 13.4. The molecule has 1 aromatic carbocycles. The van der Waals surface area contributed by atoms with Gasteiger partial charge in [-0.25, -0.2) is 4.39 Å². The topological polar surface area (TPSA) is 75.4 Å². The monoisotopic (exact) mass is 409 g/mol. The summed E-state index contributed by atoms with van der Waals surface area (Å²) in [5, 5.41) is 3.99. The van der Waals surface area contributed by atoms with E-state index in [1.54, 1.807) is 42.5 Å². The molecule has 1 aliphatic rings. The van der Waals surface area contributed by atoms with E-state index >= 15 is 0 Å². The van der Waals surface area contributed by atoms with Gasteiger partial charge < -0.3 is 9.42 Å². The Hall–Kier alpha value is -3.13. The molecule has 0 radical (unpaired) electrons. The molecule has 0 bridgehead atoms. The summed E-state index contributed by atoms with van der Waals surface area (Å²) in [6.45, 7) is 1.87. The highest BCUT2D eigenvalue weighted by Gasteiger charge is 2.31. The van der Waals surface area contributed by atoms with Crippen molar-refractivity contribution in [1.82, 2.24) is 24.9 Å². The number of carbonyl (C=O) groups is 1. The van der Waals surface area contributed by atoms with E-state index in [2.05, 4.69) is 20.0 Å². The molecule has 8 heteroatoms. The Bertz CT molecular complexity index is 971. The molecule has 0 spiro atoms. The molecule has 1 amide bonds. The molecular formula is C22H24FN5O2. The highest BCUT2D eigenvalue weighted by molar-refractivity contribution is 5.83. The second kappa shape index (κ2) is 9.13. The molecule has 1 unspecified atom stereocenters. The number of nitrogens with zero attached hydrogens (tertiary/aromatic N) is 5. The van der Waals surface area contributed by atoms with E-state index in [-0.39, 0.29) is 18.3 Å². The van der Waals surface area contributed by atoms with Crippen molar-refractivity contribution in [2.24, 2.45) is 0 Å². The lowest BCUT2D eigenvalue weighted by Crippen LogP contribution is -2.43. The molecule has 1 fully saturated rings. The number of hydrogen-bond donors (Lipinski definition) is 0. The van der Waals surface area contributed by atoms with E-state index in [1.165, 1.54) is 12.1 Å². The van der Waals surface area contributed by atoms with Gasteiger partial charge in [-0.3, -0.25) is 14.7 Å². The number of carbonyl (C=O) groups excluding carboxylic acids is 1. The zero-order valence-corrected chi connectivity index (χ0v) is 16.9. The van der Waals surface area contributed by atoms with Crippen LogP contribution in [0.25, 0.3) is 11.4 Å². The summed E-state index contributed by atoms with van der Waals surface area (Å²) < 4.78 is 18.8. The third-order valence-electron chi connectivity index (χ3n) is 5.31. The lowest BCUT2D eigenvalue weighted by Gasteiger charge is -2.35. The van der Waals surface area contributed by atoms with E-state index in [9.17, 15) is 9.18 Å². The summed E-state index contributed by atoms with van der Waals surface area (Å²) >= 11 is 0. The van der Waals surface area contributed by atoms with Crippen LogP contribution >= 0.6 is 0 Å². The number of aromatic nitrogens is 3. The zero-order chi connectivity index (χ0) is 20.9. The van der Waals surface area contributed by atoms with Gasteiger partial charge in [-0.05, 0) is 55.8 Å². The molecular weight excluding hydrogens is 385 g/mol. The molecule has 0 N–H and O–H groups in total. The number of hydrogen-bond acceptors (Lipinski definition) is 6. The molecule has 3 heterocycles. The summed E-state index contributed by atoms with van der Waals surface area (Å²) in [6.07, 6.45) is 6.59. The predicted molar refractivity (Wildman–Crippen MR) is 109 cm³/mol. The van der Waals surface area contributed by atoms with Crippen molar-refractivity contribution in [3.05, 3.63) is 66.1 Å². The summed E-state index contributed by atoms with van der Waals surface area (Å²) in [4.78, 5) is 25.6. The van der Waals surface area contributed by atoms with Crippen LogP contribution in [0.3, 0.4) is 0 Å². The second-order valence-electron chi connectivity index (χ2n) is 7.50. The van der Waals surface area contributed by atoms with E-state index in [1.807, 2.05) is 6.07 Å². The van der Waals surface area contributed by atoms with Gasteiger partial charge in [0, 0.05) is 25.0 Å². The third-order valence-corrected chi connectivity index (χ3v) is 5.31. The highest BCUT2D eigenvalue weighted by Crippen LogP contribution is 2.27. The Morgan fingerprint density at radius 2 is 1.97 bits per heavy atom. The average Bonchev–Trinajstić information content (AvgIpc) is 3.25. The predicted octanol–water partition coefficient (Wildman–Crippen LogP) is 3.46. The van der Waals surface area contributed by atoms with Gasteiger partial charge in [0.05, 0.1) is 6.54 Å². The number of halogens is 1. The van der Waals surface area contributed by atoms with Crippen LogP contribution in [0.4, 0.5) is 4.39 Å². The van der Waals surface area contributed by atoms with Gasteiger partial charge in [0.25, 0.3) is 0 Å². The van der Waals surface area contributed by atoms with Crippen molar-refractivity contribution in [2.75, 3.05) is 20.1 Å².